The Labute approximate surface area is 148 Å². The highest BCUT2D eigenvalue weighted by molar-refractivity contribution is 6.08. The number of hydrogen-bond acceptors (Lipinski definition) is 4. The number of amides is 2. The van der Waals surface area contributed by atoms with Crippen LogP contribution in [0.5, 0.6) is 0 Å². The molecule has 0 aliphatic heterocycles. The average Bonchev–Trinajstić information content (AvgIpc) is 2.67. The van der Waals surface area contributed by atoms with Crippen molar-refractivity contribution in [2.45, 2.75) is 26.2 Å². The molecule has 1 unspecified atom stereocenters. The van der Waals surface area contributed by atoms with E-state index in [1.807, 2.05) is 67.6 Å². The van der Waals surface area contributed by atoms with Gasteiger partial charge in [0.05, 0.1) is 11.4 Å². The third kappa shape index (κ3) is 5.06. The minimum Gasteiger partial charge on any atom is -0.294 e. The lowest BCUT2D eigenvalue weighted by atomic mass is 10.00. The van der Waals surface area contributed by atoms with E-state index >= 15 is 0 Å². The molecule has 6 heteroatoms. The van der Waals surface area contributed by atoms with Gasteiger partial charge in [-0.3, -0.25) is 20.4 Å². The number of unbranched alkanes of at least 4 members (excludes halogenated alkanes) is 1. The molecule has 0 heterocycles. The molecule has 0 aliphatic carbocycles. The van der Waals surface area contributed by atoms with Gasteiger partial charge in [0.2, 0.25) is 5.91 Å². The van der Waals surface area contributed by atoms with Crippen LogP contribution in [0.2, 0.25) is 0 Å². The first-order valence-corrected chi connectivity index (χ1v) is 8.38. The minimum atomic E-state index is -0.846. The molecule has 6 nitrogen and oxygen atoms in total. The Hall–Kier alpha value is -2.86. The van der Waals surface area contributed by atoms with Crippen LogP contribution in [0.3, 0.4) is 0 Å². The molecule has 0 aliphatic rings. The Balaban J connectivity index is 2.32. The maximum Gasteiger partial charge on any atom is 0.258 e. The molecule has 2 amide bonds. The third-order valence-corrected chi connectivity index (χ3v) is 3.85. The molecule has 0 saturated carbocycles. The fourth-order valence-corrected chi connectivity index (χ4v) is 2.50. The zero-order chi connectivity index (χ0) is 18.1. The van der Waals surface area contributed by atoms with Crippen LogP contribution in [-0.4, -0.2) is 11.8 Å². The number of nitrogens with two attached hydrogens (primary N) is 1. The van der Waals surface area contributed by atoms with E-state index in [1.54, 1.807) is 0 Å². The molecular formula is C19H24N4O2. The summed E-state index contributed by atoms with van der Waals surface area (Å²) in [6.07, 6.45) is 2.09. The lowest BCUT2D eigenvalue weighted by Gasteiger charge is -2.28. The highest BCUT2D eigenvalue weighted by Gasteiger charge is 2.31. The molecule has 2 aromatic carbocycles. The van der Waals surface area contributed by atoms with E-state index in [1.165, 1.54) is 5.01 Å². The maximum absolute atomic E-state index is 13.1. The van der Waals surface area contributed by atoms with Crippen molar-refractivity contribution in [2.75, 3.05) is 10.4 Å². The van der Waals surface area contributed by atoms with Crippen LogP contribution >= 0.6 is 0 Å². The Kier molecular flexibility index (Phi) is 6.98. The number of hydrazine groups is 2. The number of nitrogens with zero attached hydrogens (tertiary/aromatic N) is 1. The SMILES string of the molecule is CCCCC(C(=O)NN)C(=O)N(Nc1ccccc1)c1ccccc1. The second kappa shape index (κ2) is 9.44. The quantitative estimate of drug-likeness (QED) is 0.298. The van der Waals surface area contributed by atoms with Crippen LogP contribution < -0.4 is 21.7 Å². The molecule has 2 rings (SSSR count). The van der Waals surface area contributed by atoms with E-state index in [9.17, 15) is 9.59 Å². The van der Waals surface area contributed by atoms with Gasteiger partial charge in [-0.25, -0.2) is 10.9 Å². The Morgan fingerprint density at radius 3 is 2.20 bits per heavy atom. The van der Waals surface area contributed by atoms with E-state index in [2.05, 4.69) is 10.9 Å². The number of carbonyl (C=O) groups excluding carboxylic acids is 2. The summed E-state index contributed by atoms with van der Waals surface area (Å²) in [5.74, 6) is 3.62. The molecule has 0 radical (unpaired) electrons. The number of para-hydroxylation sites is 2. The van der Waals surface area contributed by atoms with Gasteiger partial charge in [0.15, 0.2) is 0 Å². The van der Waals surface area contributed by atoms with Crippen molar-refractivity contribution in [3.63, 3.8) is 0 Å². The van der Waals surface area contributed by atoms with Crippen LogP contribution in [-0.2, 0) is 9.59 Å². The monoisotopic (exact) mass is 340 g/mol. The summed E-state index contributed by atoms with van der Waals surface area (Å²) in [5.41, 5.74) is 6.61. The van der Waals surface area contributed by atoms with Gasteiger partial charge in [-0.1, -0.05) is 56.2 Å². The van der Waals surface area contributed by atoms with Gasteiger partial charge in [0.25, 0.3) is 5.91 Å². The van der Waals surface area contributed by atoms with Crippen LogP contribution in [0.25, 0.3) is 0 Å². The lowest BCUT2D eigenvalue weighted by Crippen LogP contribution is -2.48. The van der Waals surface area contributed by atoms with Gasteiger partial charge in [0.1, 0.15) is 5.92 Å². The third-order valence-electron chi connectivity index (χ3n) is 3.85. The highest BCUT2D eigenvalue weighted by Crippen LogP contribution is 2.21. The van der Waals surface area contributed by atoms with Crippen molar-refractivity contribution in [2.24, 2.45) is 11.8 Å². The molecule has 132 valence electrons. The molecule has 0 aromatic heterocycles. The zero-order valence-electron chi connectivity index (χ0n) is 14.3. The first kappa shape index (κ1) is 18.5. The van der Waals surface area contributed by atoms with Crippen LogP contribution in [0.15, 0.2) is 60.7 Å². The topological polar surface area (TPSA) is 87.5 Å². The molecule has 0 bridgehead atoms. The number of rotatable bonds is 8. The number of nitrogens with one attached hydrogen (secondary N) is 2. The number of hydrogen-bond donors (Lipinski definition) is 3. The number of benzene rings is 2. The average molecular weight is 340 g/mol. The minimum absolute atomic E-state index is 0.341. The van der Waals surface area contributed by atoms with Crippen molar-refractivity contribution in [3.8, 4) is 0 Å². The first-order valence-electron chi connectivity index (χ1n) is 8.38. The summed E-state index contributed by atoms with van der Waals surface area (Å²) in [6.45, 7) is 2.01. The highest BCUT2D eigenvalue weighted by atomic mass is 16.2. The van der Waals surface area contributed by atoms with E-state index < -0.39 is 11.8 Å². The fraction of sp³-hybridized carbons (Fsp3) is 0.263. The zero-order valence-corrected chi connectivity index (χ0v) is 14.3. The van der Waals surface area contributed by atoms with E-state index in [-0.39, 0.29) is 5.91 Å². The fourth-order valence-electron chi connectivity index (χ4n) is 2.50. The van der Waals surface area contributed by atoms with Gasteiger partial charge in [0, 0.05) is 0 Å². The van der Waals surface area contributed by atoms with E-state index in [4.69, 9.17) is 5.84 Å². The van der Waals surface area contributed by atoms with Crippen molar-refractivity contribution in [1.82, 2.24) is 5.43 Å². The largest absolute Gasteiger partial charge is 0.294 e. The summed E-state index contributed by atoms with van der Waals surface area (Å²) in [4.78, 5) is 25.2. The van der Waals surface area contributed by atoms with Crippen LogP contribution in [0.4, 0.5) is 11.4 Å². The van der Waals surface area contributed by atoms with E-state index in [0.29, 0.717) is 12.1 Å². The van der Waals surface area contributed by atoms with Crippen molar-refractivity contribution in [3.05, 3.63) is 60.7 Å². The summed E-state index contributed by atoms with van der Waals surface area (Å²) in [5, 5.41) is 1.41. The Morgan fingerprint density at radius 1 is 1.04 bits per heavy atom. The molecule has 0 saturated heterocycles. The van der Waals surface area contributed by atoms with Crippen molar-refractivity contribution >= 4 is 23.2 Å². The van der Waals surface area contributed by atoms with Crippen LogP contribution in [0, 0.1) is 5.92 Å². The molecular weight excluding hydrogens is 316 g/mol. The van der Waals surface area contributed by atoms with E-state index in [0.717, 1.165) is 18.5 Å². The van der Waals surface area contributed by atoms with Crippen molar-refractivity contribution in [1.29, 1.82) is 0 Å². The Bertz CT molecular complexity index is 676. The van der Waals surface area contributed by atoms with Crippen molar-refractivity contribution < 1.29 is 9.59 Å². The summed E-state index contributed by atoms with van der Waals surface area (Å²) >= 11 is 0. The second-order valence-electron chi connectivity index (χ2n) is 5.69. The first-order chi connectivity index (χ1) is 12.2. The molecule has 1 atom stereocenters. The van der Waals surface area contributed by atoms with Gasteiger partial charge in [-0.05, 0) is 30.7 Å². The van der Waals surface area contributed by atoms with Gasteiger partial charge in [-0.15, -0.1) is 0 Å². The van der Waals surface area contributed by atoms with Gasteiger partial charge < -0.3 is 0 Å². The maximum atomic E-state index is 13.1. The molecule has 0 fully saturated rings. The molecule has 25 heavy (non-hydrogen) atoms. The predicted octanol–water partition coefficient (Wildman–Crippen LogP) is 2.84. The number of anilines is 2. The smallest absolute Gasteiger partial charge is 0.258 e. The standard InChI is InChI=1S/C19H24N4O2/c1-2-3-14-17(18(24)21-20)19(25)23(16-12-8-5-9-13-16)22-15-10-6-4-7-11-15/h4-13,17,22H,2-3,14,20H2,1H3,(H,21,24). The second-order valence-corrected chi connectivity index (χ2v) is 5.69. The summed E-state index contributed by atoms with van der Waals surface area (Å²) in [6, 6.07) is 18.5. The molecule has 0 spiro atoms. The summed E-state index contributed by atoms with van der Waals surface area (Å²) in [7, 11) is 0. The summed E-state index contributed by atoms with van der Waals surface area (Å²) < 4.78 is 0. The molecule has 4 N–H and O–H groups in total. The Morgan fingerprint density at radius 2 is 1.64 bits per heavy atom. The van der Waals surface area contributed by atoms with Gasteiger partial charge >= 0.3 is 0 Å². The van der Waals surface area contributed by atoms with Gasteiger partial charge in [-0.2, -0.15) is 0 Å². The normalized spacial score (nSPS) is 11.4. The number of carbonyl (C=O) groups is 2. The molecule has 2 aromatic rings. The van der Waals surface area contributed by atoms with Crippen LogP contribution in [0.1, 0.15) is 26.2 Å². The lowest BCUT2D eigenvalue weighted by molar-refractivity contribution is -0.134. The predicted molar refractivity (Wildman–Crippen MR) is 99.3 cm³/mol.